The Hall–Kier alpha value is -4.71. The van der Waals surface area contributed by atoms with Crippen LogP contribution in [0, 0.1) is 5.82 Å². The number of carbonyl (C=O) groups excluding carboxylic acids is 1. The molecule has 0 radical (unpaired) electrons. The molecule has 4 heterocycles. The second kappa shape index (κ2) is 9.79. The van der Waals surface area contributed by atoms with Crippen molar-refractivity contribution in [3.05, 3.63) is 81.6 Å². The number of carbonyl (C=O) groups is 2. The summed E-state index contributed by atoms with van der Waals surface area (Å²) in [5.41, 5.74) is 8.15. The van der Waals surface area contributed by atoms with Crippen LogP contribution in [0.25, 0.3) is 22.4 Å². The van der Waals surface area contributed by atoms with Gasteiger partial charge in [-0.05, 0) is 31.9 Å². The van der Waals surface area contributed by atoms with Gasteiger partial charge in [-0.1, -0.05) is 36.4 Å². The van der Waals surface area contributed by atoms with Crippen LogP contribution in [0.3, 0.4) is 0 Å². The maximum atomic E-state index is 14.4. The Morgan fingerprint density at radius 2 is 1.93 bits per heavy atom. The summed E-state index contributed by atoms with van der Waals surface area (Å²) in [5.74, 6) is -0.880. The number of aryl methyl sites for hydroxylation is 1. The summed E-state index contributed by atoms with van der Waals surface area (Å²) in [6.45, 7) is 1.94. The van der Waals surface area contributed by atoms with Gasteiger partial charge in [0.1, 0.15) is 33.6 Å². The molecule has 0 bridgehead atoms. The Labute approximate surface area is 231 Å². The summed E-state index contributed by atoms with van der Waals surface area (Å²) in [4.78, 5) is 38.0. The summed E-state index contributed by atoms with van der Waals surface area (Å²) >= 11 is 1.31. The van der Waals surface area contributed by atoms with E-state index in [1.165, 1.54) is 17.4 Å². The minimum Gasteiger partial charge on any atom is -0.481 e. The third-order valence-corrected chi connectivity index (χ3v) is 8.19. The summed E-state index contributed by atoms with van der Waals surface area (Å²) < 4.78 is 16.1. The second-order valence-electron chi connectivity index (χ2n) is 9.74. The van der Waals surface area contributed by atoms with Crippen LogP contribution in [0.2, 0.25) is 0 Å². The third-order valence-electron chi connectivity index (χ3n) is 7.07. The first kappa shape index (κ1) is 25.6. The van der Waals surface area contributed by atoms with Gasteiger partial charge in [-0.15, -0.1) is 11.3 Å². The highest BCUT2D eigenvalue weighted by atomic mass is 32.1. The van der Waals surface area contributed by atoms with E-state index in [1.807, 2.05) is 29.6 Å². The topological polar surface area (TPSA) is 149 Å². The number of aromatic nitrogens is 5. The van der Waals surface area contributed by atoms with Crippen LogP contribution in [0.15, 0.2) is 53.9 Å². The van der Waals surface area contributed by atoms with E-state index in [2.05, 4.69) is 20.3 Å². The van der Waals surface area contributed by atoms with Crippen molar-refractivity contribution in [1.29, 1.82) is 0 Å². The lowest BCUT2D eigenvalue weighted by Gasteiger charge is -2.20. The first-order valence-electron chi connectivity index (χ1n) is 12.6. The first-order chi connectivity index (χ1) is 19.3. The van der Waals surface area contributed by atoms with Gasteiger partial charge in [0.15, 0.2) is 5.82 Å². The van der Waals surface area contributed by atoms with Crippen molar-refractivity contribution in [2.75, 3.05) is 11.1 Å². The number of anilines is 2. The van der Waals surface area contributed by atoms with Gasteiger partial charge in [0.2, 0.25) is 5.91 Å². The molecule has 0 aliphatic carbocycles. The van der Waals surface area contributed by atoms with Gasteiger partial charge in [0.25, 0.3) is 0 Å². The van der Waals surface area contributed by atoms with Crippen molar-refractivity contribution in [2.24, 2.45) is 0 Å². The standard InChI is InChI=1S/C28H24FN7O3S/c1-28(27-31-16(14-40-27)8-6-12-20(37)38)21-23(30)32-25(33-24(21)34-26(28)39)22-17-9-3-5-11-19(17)36(35-22)13-15-7-2-4-10-18(15)29/h2-5,7,9-11,14H,6,8,12-13H2,1H3,(H,37,38)(H3,30,32,33,34,39)/t28-/m0/s1. The first-order valence-corrected chi connectivity index (χ1v) is 13.5. The predicted molar refractivity (Wildman–Crippen MR) is 148 cm³/mol. The fraction of sp³-hybridized carbons (Fsp3) is 0.214. The fourth-order valence-electron chi connectivity index (χ4n) is 4.99. The van der Waals surface area contributed by atoms with Gasteiger partial charge >= 0.3 is 5.97 Å². The van der Waals surface area contributed by atoms with E-state index in [9.17, 15) is 14.0 Å². The highest BCUT2D eigenvalue weighted by Crippen LogP contribution is 2.46. The minimum atomic E-state index is -1.21. The number of carboxylic acids is 1. The van der Waals surface area contributed by atoms with Gasteiger partial charge in [0.05, 0.1) is 23.3 Å². The van der Waals surface area contributed by atoms with Gasteiger partial charge in [0, 0.05) is 22.8 Å². The number of nitrogen functional groups attached to an aromatic ring is 1. The number of fused-ring (bicyclic) bond motifs is 2. The molecule has 0 unspecified atom stereocenters. The number of para-hydroxylation sites is 1. The second-order valence-corrected chi connectivity index (χ2v) is 10.6. The zero-order valence-electron chi connectivity index (χ0n) is 21.4. The van der Waals surface area contributed by atoms with E-state index >= 15 is 0 Å². The normalized spacial score (nSPS) is 16.3. The zero-order valence-corrected chi connectivity index (χ0v) is 22.2. The Morgan fingerprint density at radius 3 is 2.73 bits per heavy atom. The molecular formula is C28H24FN7O3S. The SMILES string of the molecule is C[C@@]1(c2nc(CCCC(=O)O)cs2)C(=O)Nc2nc(-c3nn(Cc4ccccc4F)c4ccccc34)nc(N)c21. The van der Waals surface area contributed by atoms with Gasteiger partial charge in [-0.2, -0.15) is 5.10 Å². The number of aliphatic carboxylic acids is 1. The highest BCUT2D eigenvalue weighted by Gasteiger charge is 2.49. The van der Waals surface area contributed by atoms with Gasteiger partial charge in [-0.25, -0.2) is 19.3 Å². The number of thiazole rings is 1. The highest BCUT2D eigenvalue weighted by molar-refractivity contribution is 7.10. The maximum absolute atomic E-state index is 14.4. The van der Waals surface area contributed by atoms with Gasteiger partial charge in [-0.3, -0.25) is 14.3 Å². The molecule has 0 spiro atoms. The molecule has 10 nitrogen and oxygen atoms in total. The summed E-state index contributed by atoms with van der Waals surface area (Å²) in [7, 11) is 0. The molecule has 0 saturated carbocycles. The summed E-state index contributed by atoms with van der Waals surface area (Å²) in [6.07, 6.45) is 0.979. The van der Waals surface area contributed by atoms with Crippen LogP contribution in [0.4, 0.5) is 16.0 Å². The molecule has 40 heavy (non-hydrogen) atoms. The van der Waals surface area contributed by atoms with E-state index in [-0.39, 0.29) is 42.2 Å². The van der Waals surface area contributed by atoms with E-state index in [1.54, 1.807) is 29.8 Å². The Balaban J connectivity index is 1.38. The van der Waals surface area contributed by atoms with Crippen LogP contribution in [-0.2, 0) is 28.0 Å². The molecule has 0 fully saturated rings. The number of carboxylic acid groups (broad SMARTS) is 1. The van der Waals surface area contributed by atoms with Crippen molar-refractivity contribution in [1.82, 2.24) is 24.7 Å². The van der Waals surface area contributed by atoms with Crippen molar-refractivity contribution in [3.8, 4) is 11.5 Å². The number of nitrogens with zero attached hydrogens (tertiary/aromatic N) is 5. The number of amides is 1. The Bertz CT molecular complexity index is 1800. The lowest BCUT2D eigenvalue weighted by Crippen LogP contribution is -2.33. The molecule has 0 saturated heterocycles. The molecule has 5 aromatic rings. The summed E-state index contributed by atoms with van der Waals surface area (Å²) in [5, 5.41) is 19.6. The Kier molecular flexibility index (Phi) is 6.26. The molecular weight excluding hydrogens is 533 g/mol. The molecule has 1 aliphatic rings. The molecule has 1 atom stereocenters. The van der Waals surface area contributed by atoms with Crippen LogP contribution < -0.4 is 11.1 Å². The molecule has 3 aromatic heterocycles. The number of rotatable bonds is 8. The van der Waals surface area contributed by atoms with Crippen LogP contribution in [0.5, 0.6) is 0 Å². The molecule has 2 aromatic carbocycles. The largest absolute Gasteiger partial charge is 0.481 e. The van der Waals surface area contributed by atoms with Gasteiger partial charge < -0.3 is 16.2 Å². The summed E-state index contributed by atoms with van der Waals surface area (Å²) in [6, 6.07) is 14.0. The van der Waals surface area contributed by atoms with E-state index in [0.717, 1.165) is 10.9 Å². The molecule has 1 amide bonds. The number of halogens is 1. The van der Waals surface area contributed by atoms with Crippen molar-refractivity contribution < 1.29 is 19.1 Å². The number of hydrogen-bond acceptors (Lipinski definition) is 8. The monoisotopic (exact) mass is 557 g/mol. The molecule has 4 N–H and O–H groups in total. The van der Waals surface area contributed by atoms with Crippen molar-refractivity contribution >= 4 is 45.8 Å². The predicted octanol–water partition coefficient (Wildman–Crippen LogP) is 4.38. The molecule has 6 rings (SSSR count). The van der Waals surface area contributed by atoms with Crippen molar-refractivity contribution in [3.63, 3.8) is 0 Å². The van der Waals surface area contributed by atoms with Crippen LogP contribution >= 0.6 is 11.3 Å². The molecule has 1 aliphatic heterocycles. The van der Waals surface area contributed by atoms with E-state index < -0.39 is 11.4 Å². The number of hydrogen-bond donors (Lipinski definition) is 3. The van der Waals surface area contributed by atoms with E-state index in [0.29, 0.717) is 40.4 Å². The lowest BCUT2D eigenvalue weighted by atomic mass is 9.85. The number of benzene rings is 2. The quantitative estimate of drug-likeness (QED) is 0.254. The number of nitrogens with one attached hydrogen (secondary N) is 1. The minimum absolute atomic E-state index is 0.0434. The van der Waals surface area contributed by atoms with E-state index in [4.69, 9.17) is 15.9 Å². The molecule has 12 heteroatoms. The smallest absolute Gasteiger partial charge is 0.303 e. The fourth-order valence-corrected chi connectivity index (χ4v) is 6.01. The van der Waals surface area contributed by atoms with Crippen LogP contribution in [-0.4, -0.2) is 41.7 Å². The van der Waals surface area contributed by atoms with Crippen LogP contribution in [0.1, 0.15) is 41.6 Å². The zero-order chi connectivity index (χ0) is 28.0. The molecule has 202 valence electrons. The average Bonchev–Trinajstić information content (AvgIpc) is 3.61. The third kappa shape index (κ3) is 4.26. The van der Waals surface area contributed by atoms with Crippen molar-refractivity contribution in [2.45, 2.75) is 38.1 Å². The number of nitrogens with two attached hydrogens (primary N) is 1. The Morgan fingerprint density at radius 1 is 1.15 bits per heavy atom. The average molecular weight is 558 g/mol. The lowest BCUT2D eigenvalue weighted by molar-refractivity contribution is -0.137. The maximum Gasteiger partial charge on any atom is 0.303 e.